The summed E-state index contributed by atoms with van der Waals surface area (Å²) < 4.78 is 6.01. The molecule has 3 nitrogen and oxygen atoms in total. The molecule has 3 rings (SSSR count). The van der Waals surface area contributed by atoms with E-state index in [1.165, 1.54) is 5.56 Å². The van der Waals surface area contributed by atoms with Gasteiger partial charge in [-0.15, -0.1) is 6.58 Å². The van der Waals surface area contributed by atoms with Crippen LogP contribution in [0, 0.1) is 6.57 Å². The van der Waals surface area contributed by atoms with Crippen molar-refractivity contribution in [2.75, 3.05) is 0 Å². The van der Waals surface area contributed by atoms with Crippen LogP contribution in [0.15, 0.2) is 53.5 Å². The maximum absolute atomic E-state index is 7.25. The number of aromatic nitrogens is 1. The van der Waals surface area contributed by atoms with E-state index in [1.807, 2.05) is 24.3 Å². The van der Waals surface area contributed by atoms with Crippen LogP contribution in [0.2, 0.25) is 0 Å². The van der Waals surface area contributed by atoms with Crippen molar-refractivity contribution in [3.8, 4) is 11.5 Å². The van der Waals surface area contributed by atoms with Gasteiger partial charge in [0.25, 0.3) is 0 Å². The Hall–Kier alpha value is -2.86. The van der Waals surface area contributed by atoms with Crippen molar-refractivity contribution in [3.63, 3.8) is 0 Å². The first kappa shape index (κ1) is 15.1. The molecule has 0 radical (unpaired) electrons. The molecule has 0 N–H and O–H groups in total. The molecule has 0 amide bonds. The molecule has 0 aliphatic carbocycles. The van der Waals surface area contributed by atoms with Gasteiger partial charge in [-0.05, 0) is 47.7 Å². The van der Waals surface area contributed by atoms with Gasteiger partial charge in [0.05, 0.1) is 12.1 Å². The highest BCUT2D eigenvalue weighted by Gasteiger charge is 2.15. The third kappa shape index (κ3) is 2.89. The Labute approximate surface area is 136 Å². The predicted octanol–water partition coefficient (Wildman–Crippen LogP) is 5.90. The number of hydrogen-bond acceptors (Lipinski definition) is 2. The summed E-state index contributed by atoms with van der Waals surface area (Å²) in [5.74, 6) is 0.865. The largest absolute Gasteiger partial charge is 0.436 e. The van der Waals surface area contributed by atoms with E-state index in [0.29, 0.717) is 11.6 Å². The zero-order valence-corrected chi connectivity index (χ0v) is 13.3. The van der Waals surface area contributed by atoms with Gasteiger partial charge in [0.2, 0.25) is 5.89 Å². The average Bonchev–Trinajstić information content (AvgIpc) is 2.98. The van der Waals surface area contributed by atoms with Crippen LogP contribution >= 0.6 is 0 Å². The molecular formula is C20H18N2O. The van der Waals surface area contributed by atoms with Crippen molar-refractivity contribution < 1.29 is 4.42 Å². The molecule has 0 spiro atoms. The van der Waals surface area contributed by atoms with Crippen molar-refractivity contribution in [2.45, 2.75) is 26.2 Å². The molecule has 3 aromatic rings. The second-order valence-corrected chi connectivity index (χ2v) is 5.86. The van der Waals surface area contributed by atoms with E-state index in [4.69, 9.17) is 11.0 Å². The lowest BCUT2D eigenvalue weighted by atomic mass is 10.0. The summed E-state index contributed by atoms with van der Waals surface area (Å²) in [4.78, 5) is 8.12. The van der Waals surface area contributed by atoms with Gasteiger partial charge in [0.15, 0.2) is 11.3 Å². The van der Waals surface area contributed by atoms with Crippen LogP contribution in [0.5, 0.6) is 0 Å². The second-order valence-electron chi connectivity index (χ2n) is 5.86. The first-order valence-electron chi connectivity index (χ1n) is 7.64. The van der Waals surface area contributed by atoms with Crippen LogP contribution in [0.4, 0.5) is 5.69 Å². The number of hydrogen-bond donors (Lipinski definition) is 0. The molecule has 0 fully saturated rings. The second kappa shape index (κ2) is 6.10. The fraction of sp³-hybridized carbons (Fsp3) is 0.200. The minimum absolute atomic E-state index is 0.273. The quantitative estimate of drug-likeness (QED) is 0.444. The molecule has 0 saturated carbocycles. The van der Waals surface area contributed by atoms with E-state index >= 15 is 0 Å². The zero-order valence-electron chi connectivity index (χ0n) is 13.3. The molecule has 0 atom stereocenters. The van der Waals surface area contributed by atoms with Crippen molar-refractivity contribution in [1.82, 2.24) is 4.98 Å². The van der Waals surface area contributed by atoms with E-state index in [1.54, 1.807) is 6.07 Å². The van der Waals surface area contributed by atoms with E-state index in [2.05, 4.69) is 42.4 Å². The summed E-state index contributed by atoms with van der Waals surface area (Å²) in [6.45, 7) is 15.2. The van der Waals surface area contributed by atoms with Crippen LogP contribution in [-0.2, 0) is 6.42 Å². The van der Waals surface area contributed by atoms with E-state index < -0.39 is 0 Å². The summed E-state index contributed by atoms with van der Waals surface area (Å²) in [7, 11) is 0. The molecular weight excluding hydrogens is 284 g/mol. The Morgan fingerprint density at radius 3 is 2.61 bits per heavy atom. The van der Waals surface area contributed by atoms with Gasteiger partial charge in [-0.25, -0.2) is 9.83 Å². The molecule has 3 heteroatoms. The number of fused-ring (bicyclic) bond motifs is 1. The molecule has 0 unspecified atom stereocenters. The van der Waals surface area contributed by atoms with Gasteiger partial charge in [-0.3, -0.25) is 0 Å². The molecule has 0 bridgehead atoms. The summed E-state index contributed by atoms with van der Waals surface area (Å²) in [5, 5.41) is 0. The number of nitrogens with zero attached hydrogens (tertiary/aromatic N) is 2. The fourth-order valence-electron chi connectivity index (χ4n) is 2.61. The smallest absolute Gasteiger partial charge is 0.227 e. The number of rotatable bonds is 4. The van der Waals surface area contributed by atoms with Gasteiger partial charge >= 0.3 is 0 Å². The average molecular weight is 302 g/mol. The number of benzene rings is 2. The third-order valence-electron chi connectivity index (χ3n) is 3.84. The predicted molar refractivity (Wildman–Crippen MR) is 93.7 cm³/mol. The van der Waals surface area contributed by atoms with Crippen LogP contribution in [-0.4, -0.2) is 4.98 Å². The first-order valence-corrected chi connectivity index (χ1v) is 7.64. The van der Waals surface area contributed by atoms with Crippen molar-refractivity contribution in [1.29, 1.82) is 0 Å². The normalized spacial score (nSPS) is 10.9. The maximum atomic E-state index is 7.25. The van der Waals surface area contributed by atoms with Gasteiger partial charge < -0.3 is 4.42 Å². The molecule has 23 heavy (non-hydrogen) atoms. The fourth-order valence-corrected chi connectivity index (χ4v) is 2.61. The third-order valence-corrected chi connectivity index (χ3v) is 3.84. The SMILES string of the molecule is [C-]#[N+]c1cc(C(C)C)c2oc(-c3ccc(CC=C)cc3)nc2c1. The topological polar surface area (TPSA) is 30.4 Å². The van der Waals surface area contributed by atoms with Gasteiger partial charge in [0, 0.05) is 5.56 Å². The highest BCUT2D eigenvalue weighted by molar-refractivity contribution is 5.84. The lowest BCUT2D eigenvalue weighted by Crippen LogP contribution is -1.87. The molecule has 2 aromatic carbocycles. The van der Waals surface area contributed by atoms with E-state index in [0.717, 1.165) is 28.6 Å². The standard InChI is InChI=1S/C20H18N2O/c1-5-6-14-7-9-15(10-8-14)20-22-18-12-16(21-4)11-17(13(2)3)19(18)23-20/h5,7-13H,1,6H2,2-3H3. The minimum atomic E-state index is 0.273. The van der Waals surface area contributed by atoms with Crippen molar-refractivity contribution >= 4 is 16.8 Å². The minimum Gasteiger partial charge on any atom is -0.436 e. The first-order chi connectivity index (χ1) is 11.1. The Bertz CT molecular complexity index is 896. The molecule has 0 aliphatic rings. The Kier molecular flexibility index (Phi) is 3.99. The van der Waals surface area contributed by atoms with Crippen LogP contribution in [0.3, 0.4) is 0 Å². The van der Waals surface area contributed by atoms with E-state index in [-0.39, 0.29) is 5.92 Å². The molecule has 1 aromatic heterocycles. The molecule has 0 saturated heterocycles. The number of oxazole rings is 1. The summed E-state index contributed by atoms with van der Waals surface area (Å²) in [5.41, 5.74) is 5.29. The van der Waals surface area contributed by atoms with E-state index in [9.17, 15) is 0 Å². The van der Waals surface area contributed by atoms with Crippen molar-refractivity contribution in [3.05, 3.63) is 71.6 Å². The summed E-state index contributed by atoms with van der Waals surface area (Å²) >= 11 is 0. The van der Waals surface area contributed by atoms with Crippen LogP contribution in [0.1, 0.15) is 30.9 Å². The zero-order chi connectivity index (χ0) is 16.4. The molecule has 0 aliphatic heterocycles. The van der Waals surface area contributed by atoms with Crippen LogP contribution in [0.25, 0.3) is 27.4 Å². The Morgan fingerprint density at radius 2 is 2.00 bits per heavy atom. The van der Waals surface area contributed by atoms with Crippen LogP contribution < -0.4 is 0 Å². The lowest BCUT2D eigenvalue weighted by Gasteiger charge is -2.05. The monoisotopic (exact) mass is 302 g/mol. The van der Waals surface area contributed by atoms with Gasteiger partial charge in [0.1, 0.15) is 0 Å². The lowest BCUT2D eigenvalue weighted by molar-refractivity contribution is 0.611. The van der Waals surface area contributed by atoms with Gasteiger partial charge in [-0.1, -0.05) is 32.1 Å². The Balaban J connectivity index is 2.10. The highest BCUT2D eigenvalue weighted by atomic mass is 16.3. The molecule has 114 valence electrons. The summed E-state index contributed by atoms with van der Waals surface area (Å²) in [6.07, 6.45) is 2.73. The molecule has 1 heterocycles. The Morgan fingerprint density at radius 1 is 1.26 bits per heavy atom. The van der Waals surface area contributed by atoms with Gasteiger partial charge in [-0.2, -0.15) is 0 Å². The number of allylic oxidation sites excluding steroid dienone is 1. The highest BCUT2D eigenvalue weighted by Crippen LogP contribution is 2.33. The summed E-state index contributed by atoms with van der Waals surface area (Å²) in [6, 6.07) is 11.8. The van der Waals surface area contributed by atoms with Crippen molar-refractivity contribution in [2.24, 2.45) is 0 Å². The maximum Gasteiger partial charge on any atom is 0.227 e.